The topological polar surface area (TPSA) is 121 Å². The third-order valence-electron chi connectivity index (χ3n) is 1.71. The molecule has 7 nitrogen and oxygen atoms in total. The fourth-order valence-electron chi connectivity index (χ4n) is 0.930. The normalized spacial score (nSPS) is 11.3. The second-order valence-electron chi connectivity index (χ2n) is 2.97. The van der Waals surface area contributed by atoms with E-state index in [1.807, 2.05) is 0 Å². The first-order chi connectivity index (χ1) is 7.70. The van der Waals surface area contributed by atoms with Crippen molar-refractivity contribution in [1.29, 1.82) is 0 Å². The van der Waals surface area contributed by atoms with Crippen LogP contribution in [0.15, 0.2) is 31.2 Å². The highest BCUT2D eigenvalue weighted by Crippen LogP contribution is 1.95. The Morgan fingerprint density at radius 3 is 2.69 bits per heavy atom. The predicted molar refractivity (Wildman–Crippen MR) is 56.5 cm³/mol. The van der Waals surface area contributed by atoms with Gasteiger partial charge in [-0.3, -0.25) is 4.79 Å². The summed E-state index contributed by atoms with van der Waals surface area (Å²) >= 11 is 0. The van der Waals surface area contributed by atoms with Crippen molar-refractivity contribution < 1.29 is 9.90 Å². The molecule has 2 aromatic rings. The number of hydrogen-bond donors (Lipinski definition) is 4. The van der Waals surface area contributed by atoms with Gasteiger partial charge in [0.2, 0.25) is 0 Å². The SMILES string of the molecule is NC(Cc1c[nH]cn1)C(=O)O.c1c[nH]cn1. The zero-order valence-electron chi connectivity index (χ0n) is 8.50. The first kappa shape index (κ1) is 11.9. The number of nitrogens with one attached hydrogen (secondary N) is 2. The summed E-state index contributed by atoms with van der Waals surface area (Å²) in [6.07, 6.45) is 8.46. The maximum absolute atomic E-state index is 10.3. The minimum Gasteiger partial charge on any atom is -0.480 e. The highest BCUT2D eigenvalue weighted by atomic mass is 16.4. The Hall–Kier alpha value is -2.15. The average molecular weight is 223 g/mol. The van der Waals surface area contributed by atoms with E-state index >= 15 is 0 Å². The molecule has 0 aliphatic heterocycles. The third kappa shape index (κ3) is 4.38. The summed E-state index contributed by atoms with van der Waals surface area (Å²) in [6.45, 7) is 0. The summed E-state index contributed by atoms with van der Waals surface area (Å²) in [5.41, 5.74) is 5.92. The van der Waals surface area contributed by atoms with Crippen LogP contribution in [-0.4, -0.2) is 37.1 Å². The summed E-state index contributed by atoms with van der Waals surface area (Å²) in [5.74, 6) is -1.01. The van der Waals surface area contributed by atoms with Gasteiger partial charge < -0.3 is 20.8 Å². The van der Waals surface area contributed by atoms with Crippen LogP contribution < -0.4 is 5.73 Å². The molecular weight excluding hydrogens is 210 g/mol. The van der Waals surface area contributed by atoms with Crippen LogP contribution in [0.1, 0.15) is 5.69 Å². The van der Waals surface area contributed by atoms with Gasteiger partial charge in [0.1, 0.15) is 6.04 Å². The standard InChI is InChI=1S/C6H9N3O2.C3H4N2/c7-5(6(10)11)1-4-2-8-3-9-4;1-2-5-3-4-1/h2-3,5H,1,7H2,(H,8,9)(H,10,11);1-3H,(H,4,5). The number of carboxylic acids is 1. The molecule has 2 aromatic heterocycles. The molecule has 1 atom stereocenters. The predicted octanol–water partition coefficient (Wildman–Crippen LogP) is -0.226. The van der Waals surface area contributed by atoms with Gasteiger partial charge in [-0.1, -0.05) is 0 Å². The molecule has 5 N–H and O–H groups in total. The molecule has 0 radical (unpaired) electrons. The van der Waals surface area contributed by atoms with Gasteiger partial charge in [0, 0.05) is 25.0 Å². The van der Waals surface area contributed by atoms with E-state index in [1.165, 1.54) is 6.33 Å². The fourth-order valence-corrected chi connectivity index (χ4v) is 0.930. The molecule has 0 aliphatic carbocycles. The van der Waals surface area contributed by atoms with E-state index in [0.29, 0.717) is 5.69 Å². The van der Waals surface area contributed by atoms with Gasteiger partial charge in [-0.25, -0.2) is 9.97 Å². The van der Waals surface area contributed by atoms with Gasteiger partial charge in [0.25, 0.3) is 0 Å². The molecule has 0 aliphatic rings. The quantitative estimate of drug-likeness (QED) is 0.573. The Bertz CT molecular complexity index is 367. The van der Waals surface area contributed by atoms with Crippen molar-refractivity contribution in [2.45, 2.75) is 12.5 Å². The van der Waals surface area contributed by atoms with Gasteiger partial charge in [-0.15, -0.1) is 0 Å². The molecule has 0 fully saturated rings. The molecular formula is C9H13N5O2. The smallest absolute Gasteiger partial charge is 0.320 e. The lowest BCUT2D eigenvalue weighted by atomic mass is 10.2. The largest absolute Gasteiger partial charge is 0.480 e. The summed E-state index contributed by atoms with van der Waals surface area (Å²) in [7, 11) is 0. The van der Waals surface area contributed by atoms with Crippen molar-refractivity contribution in [2.24, 2.45) is 5.73 Å². The summed E-state index contributed by atoms with van der Waals surface area (Å²) in [5, 5.41) is 8.42. The van der Waals surface area contributed by atoms with E-state index in [0.717, 1.165) is 0 Å². The maximum atomic E-state index is 10.3. The number of aromatic amines is 2. The monoisotopic (exact) mass is 223 g/mol. The number of H-pyrrole nitrogens is 2. The van der Waals surface area contributed by atoms with Gasteiger partial charge in [0.15, 0.2) is 0 Å². The van der Waals surface area contributed by atoms with Gasteiger partial charge in [-0.2, -0.15) is 0 Å². The number of rotatable bonds is 3. The Kier molecular flexibility index (Phi) is 4.74. The van der Waals surface area contributed by atoms with E-state index in [4.69, 9.17) is 10.8 Å². The average Bonchev–Trinajstić information content (AvgIpc) is 2.92. The van der Waals surface area contributed by atoms with Crippen LogP contribution in [-0.2, 0) is 11.2 Å². The van der Waals surface area contributed by atoms with Crippen LogP contribution in [0.25, 0.3) is 0 Å². The van der Waals surface area contributed by atoms with E-state index < -0.39 is 12.0 Å². The number of carbonyl (C=O) groups is 1. The first-order valence-corrected chi connectivity index (χ1v) is 4.59. The maximum Gasteiger partial charge on any atom is 0.320 e. The van der Waals surface area contributed by atoms with Crippen molar-refractivity contribution in [3.63, 3.8) is 0 Å². The lowest BCUT2D eigenvalue weighted by Crippen LogP contribution is -2.32. The molecule has 0 spiro atoms. The van der Waals surface area contributed by atoms with Crippen LogP contribution in [0.3, 0.4) is 0 Å². The van der Waals surface area contributed by atoms with Crippen LogP contribution in [0, 0.1) is 0 Å². The van der Waals surface area contributed by atoms with Crippen molar-refractivity contribution >= 4 is 5.97 Å². The molecule has 1 unspecified atom stereocenters. The Labute approximate surface area is 91.7 Å². The van der Waals surface area contributed by atoms with Crippen LogP contribution in [0.4, 0.5) is 0 Å². The van der Waals surface area contributed by atoms with E-state index in [-0.39, 0.29) is 6.42 Å². The number of hydrogen-bond acceptors (Lipinski definition) is 4. The number of nitrogens with two attached hydrogens (primary N) is 1. The molecule has 0 bridgehead atoms. The minimum absolute atomic E-state index is 0.263. The van der Waals surface area contributed by atoms with Gasteiger partial charge in [-0.05, 0) is 0 Å². The summed E-state index contributed by atoms with van der Waals surface area (Å²) in [6, 6.07) is -0.863. The molecule has 2 heterocycles. The Balaban J connectivity index is 0.000000212. The van der Waals surface area contributed by atoms with Crippen molar-refractivity contribution in [3.8, 4) is 0 Å². The van der Waals surface area contributed by atoms with Crippen LogP contribution in [0.5, 0.6) is 0 Å². The number of nitrogens with zero attached hydrogens (tertiary/aromatic N) is 2. The van der Waals surface area contributed by atoms with E-state index in [9.17, 15) is 4.79 Å². The van der Waals surface area contributed by atoms with E-state index in [1.54, 1.807) is 24.9 Å². The summed E-state index contributed by atoms with van der Waals surface area (Å²) in [4.78, 5) is 23.2. The molecule has 86 valence electrons. The van der Waals surface area contributed by atoms with Crippen molar-refractivity contribution in [1.82, 2.24) is 19.9 Å². The van der Waals surface area contributed by atoms with Gasteiger partial charge in [0.05, 0.1) is 18.3 Å². The molecule has 0 aromatic carbocycles. The molecule has 0 amide bonds. The first-order valence-electron chi connectivity index (χ1n) is 4.59. The van der Waals surface area contributed by atoms with Crippen molar-refractivity contribution in [2.75, 3.05) is 0 Å². The zero-order valence-corrected chi connectivity index (χ0v) is 8.50. The molecule has 0 saturated carbocycles. The minimum atomic E-state index is -1.01. The molecule has 2 rings (SSSR count). The number of aliphatic carboxylic acids is 1. The van der Waals surface area contributed by atoms with Crippen molar-refractivity contribution in [3.05, 3.63) is 36.9 Å². The highest BCUT2D eigenvalue weighted by molar-refractivity contribution is 5.73. The van der Waals surface area contributed by atoms with Gasteiger partial charge >= 0.3 is 5.97 Å². The number of imidazole rings is 2. The molecule has 16 heavy (non-hydrogen) atoms. The molecule has 0 saturated heterocycles. The lowest BCUT2D eigenvalue weighted by Gasteiger charge is -2.01. The third-order valence-corrected chi connectivity index (χ3v) is 1.71. The Morgan fingerprint density at radius 2 is 2.31 bits per heavy atom. The second-order valence-corrected chi connectivity index (χ2v) is 2.97. The fraction of sp³-hybridized carbons (Fsp3) is 0.222. The number of carboxylic acid groups (broad SMARTS) is 1. The zero-order chi connectivity index (χ0) is 11.8. The summed E-state index contributed by atoms with van der Waals surface area (Å²) < 4.78 is 0. The highest BCUT2D eigenvalue weighted by Gasteiger charge is 2.12. The lowest BCUT2D eigenvalue weighted by molar-refractivity contribution is -0.138. The van der Waals surface area contributed by atoms with Crippen LogP contribution in [0.2, 0.25) is 0 Å². The van der Waals surface area contributed by atoms with Crippen LogP contribution >= 0.6 is 0 Å². The van der Waals surface area contributed by atoms with E-state index in [2.05, 4.69) is 19.9 Å². The second kappa shape index (κ2) is 6.36. The number of aromatic nitrogens is 4. The molecule has 7 heteroatoms. The Morgan fingerprint density at radius 1 is 1.50 bits per heavy atom.